The molecule has 0 saturated carbocycles. The summed E-state index contributed by atoms with van der Waals surface area (Å²) in [6.45, 7) is 5.14. The highest BCUT2D eigenvalue weighted by atomic mass is 16.2. The predicted molar refractivity (Wildman–Crippen MR) is 90.5 cm³/mol. The van der Waals surface area contributed by atoms with Crippen molar-refractivity contribution >= 4 is 11.8 Å². The number of aromatic amines is 1. The number of nitrogens with one attached hydrogen (secondary N) is 2. The third kappa shape index (κ3) is 3.31. The van der Waals surface area contributed by atoms with Crippen molar-refractivity contribution in [3.63, 3.8) is 0 Å². The van der Waals surface area contributed by atoms with Crippen LogP contribution in [0.25, 0.3) is 0 Å². The van der Waals surface area contributed by atoms with E-state index in [1.807, 2.05) is 6.92 Å². The van der Waals surface area contributed by atoms with Crippen molar-refractivity contribution < 1.29 is 9.59 Å². The number of aromatic nitrogens is 2. The number of hydrogen-bond acceptors (Lipinski definition) is 4. The Balaban J connectivity index is 1.75. The monoisotopic (exact) mass is 333 g/mol. The van der Waals surface area contributed by atoms with Gasteiger partial charge in [0.1, 0.15) is 5.69 Å². The topological polar surface area (TPSA) is 81.3 Å². The minimum atomic E-state index is -0.118. The fraction of sp³-hybridized carbons (Fsp3) is 0.706. The van der Waals surface area contributed by atoms with Gasteiger partial charge < -0.3 is 15.1 Å². The third-order valence-electron chi connectivity index (χ3n) is 5.53. The number of hydrogen-bond donors (Lipinski definition) is 2. The largest absolute Gasteiger partial charge is 0.359 e. The van der Waals surface area contributed by atoms with Gasteiger partial charge in [0.2, 0.25) is 5.91 Å². The molecule has 0 aliphatic carbocycles. The summed E-state index contributed by atoms with van der Waals surface area (Å²) in [5.74, 6) is 0.591. The van der Waals surface area contributed by atoms with Crippen LogP contribution in [0.15, 0.2) is 6.07 Å². The second kappa shape index (κ2) is 6.93. The molecule has 2 aliphatic heterocycles. The van der Waals surface area contributed by atoms with E-state index in [2.05, 4.69) is 27.5 Å². The third-order valence-corrected chi connectivity index (χ3v) is 5.53. The van der Waals surface area contributed by atoms with Crippen LogP contribution >= 0.6 is 0 Å². The van der Waals surface area contributed by atoms with Gasteiger partial charge in [0.25, 0.3) is 5.91 Å². The SMILES string of the molecule is CNC(=O)[C@@H]1CN(C(=O)c2cc(C)[nH]n2)C[C@H]1C1CCN(C)CC1. The second-order valence-electron chi connectivity index (χ2n) is 7.17. The van der Waals surface area contributed by atoms with Crippen molar-refractivity contribution in [3.05, 3.63) is 17.5 Å². The molecule has 0 aromatic carbocycles. The lowest BCUT2D eigenvalue weighted by Gasteiger charge is -2.34. The lowest BCUT2D eigenvalue weighted by Crippen LogP contribution is -2.39. The quantitative estimate of drug-likeness (QED) is 0.844. The molecule has 1 aromatic heterocycles. The van der Waals surface area contributed by atoms with Gasteiger partial charge in [-0.05, 0) is 57.8 Å². The van der Waals surface area contributed by atoms with Crippen LogP contribution < -0.4 is 5.32 Å². The average molecular weight is 333 g/mol. The minimum Gasteiger partial charge on any atom is -0.359 e. The summed E-state index contributed by atoms with van der Waals surface area (Å²) in [4.78, 5) is 29.2. The van der Waals surface area contributed by atoms with Crippen LogP contribution in [0.3, 0.4) is 0 Å². The van der Waals surface area contributed by atoms with Gasteiger partial charge in [0, 0.05) is 25.8 Å². The molecule has 3 heterocycles. The van der Waals surface area contributed by atoms with E-state index in [-0.39, 0.29) is 23.7 Å². The summed E-state index contributed by atoms with van der Waals surface area (Å²) in [5.41, 5.74) is 1.31. The molecule has 2 fully saturated rings. The van der Waals surface area contributed by atoms with E-state index in [1.54, 1.807) is 18.0 Å². The fourth-order valence-corrected chi connectivity index (χ4v) is 4.08. The molecule has 2 saturated heterocycles. The number of H-pyrrole nitrogens is 1. The smallest absolute Gasteiger partial charge is 0.274 e. The molecule has 0 bridgehead atoms. The Kier molecular flexibility index (Phi) is 4.89. The zero-order valence-corrected chi connectivity index (χ0v) is 14.7. The van der Waals surface area contributed by atoms with E-state index in [1.165, 1.54) is 0 Å². The summed E-state index contributed by atoms with van der Waals surface area (Å²) in [5, 5.41) is 9.67. The first-order valence-corrected chi connectivity index (χ1v) is 8.71. The molecule has 0 unspecified atom stereocenters. The van der Waals surface area contributed by atoms with Crippen LogP contribution in [0.5, 0.6) is 0 Å². The normalized spacial score (nSPS) is 25.9. The maximum absolute atomic E-state index is 12.7. The maximum atomic E-state index is 12.7. The van der Waals surface area contributed by atoms with E-state index < -0.39 is 0 Å². The zero-order valence-electron chi connectivity index (χ0n) is 14.7. The summed E-state index contributed by atoms with van der Waals surface area (Å²) >= 11 is 0. The first-order chi connectivity index (χ1) is 11.5. The molecule has 2 N–H and O–H groups in total. The molecule has 0 spiro atoms. The van der Waals surface area contributed by atoms with Crippen molar-refractivity contribution in [2.24, 2.45) is 17.8 Å². The van der Waals surface area contributed by atoms with Gasteiger partial charge in [-0.2, -0.15) is 5.10 Å². The Hall–Kier alpha value is -1.89. The molecule has 1 aromatic rings. The van der Waals surface area contributed by atoms with Crippen LogP contribution in [-0.4, -0.2) is 72.1 Å². The van der Waals surface area contributed by atoms with E-state index in [4.69, 9.17) is 0 Å². The fourth-order valence-electron chi connectivity index (χ4n) is 4.08. The highest BCUT2D eigenvalue weighted by Gasteiger charge is 2.43. The zero-order chi connectivity index (χ0) is 17.3. The van der Waals surface area contributed by atoms with Gasteiger partial charge in [-0.1, -0.05) is 0 Å². The van der Waals surface area contributed by atoms with Crippen molar-refractivity contribution in [2.75, 3.05) is 40.3 Å². The number of rotatable bonds is 3. The van der Waals surface area contributed by atoms with Crippen LogP contribution in [-0.2, 0) is 4.79 Å². The molecule has 0 radical (unpaired) electrons. The lowest BCUT2D eigenvalue weighted by atomic mass is 9.78. The molecule has 7 heteroatoms. The van der Waals surface area contributed by atoms with Crippen LogP contribution in [0.1, 0.15) is 29.0 Å². The highest BCUT2D eigenvalue weighted by molar-refractivity contribution is 5.93. The van der Waals surface area contributed by atoms with Crippen molar-refractivity contribution in [3.8, 4) is 0 Å². The van der Waals surface area contributed by atoms with Crippen LogP contribution in [0.2, 0.25) is 0 Å². The number of nitrogens with zero attached hydrogens (tertiary/aromatic N) is 3. The number of likely N-dealkylation sites (tertiary alicyclic amines) is 2. The Morgan fingerprint density at radius 1 is 1.29 bits per heavy atom. The van der Waals surface area contributed by atoms with E-state index in [0.717, 1.165) is 31.6 Å². The Morgan fingerprint density at radius 3 is 2.58 bits per heavy atom. The number of aryl methyl sites for hydroxylation is 1. The first kappa shape index (κ1) is 17.0. The Bertz CT molecular complexity index is 606. The van der Waals surface area contributed by atoms with E-state index in [9.17, 15) is 9.59 Å². The summed E-state index contributed by atoms with van der Waals surface area (Å²) in [6.07, 6.45) is 2.19. The van der Waals surface area contributed by atoms with Crippen LogP contribution in [0.4, 0.5) is 0 Å². The molecule has 2 atom stereocenters. The molecule has 2 aliphatic rings. The van der Waals surface area contributed by atoms with Crippen molar-refractivity contribution in [1.82, 2.24) is 25.3 Å². The second-order valence-corrected chi connectivity index (χ2v) is 7.17. The van der Waals surface area contributed by atoms with Gasteiger partial charge in [-0.25, -0.2) is 0 Å². The average Bonchev–Trinajstić information content (AvgIpc) is 3.21. The van der Waals surface area contributed by atoms with Gasteiger partial charge in [0.15, 0.2) is 0 Å². The van der Waals surface area contributed by atoms with E-state index >= 15 is 0 Å². The van der Waals surface area contributed by atoms with Crippen molar-refractivity contribution in [2.45, 2.75) is 19.8 Å². The lowest BCUT2D eigenvalue weighted by molar-refractivity contribution is -0.125. The molecule has 2 amide bonds. The Morgan fingerprint density at radius 2 is 2.00 bits per heavy atom. The van der Waals surface area contributed by atoms with Crippen molar-refractivity contribution in [1.29, 1.82) is 0 Å². The van der Waals surface area contributed by atoms with Crippen LogP contribution in [0, 0.1) is 24.7 Å². The molecule has 7 nitrogen and oxygen atoms in total. The molecular weight excluding hydrogens is 306 g/mol. The van der Waals surface area contributed by atoms with E-state index in [0.29, 0.717) is 24.7 Å². The molecule has 24 heavy (non-hydrogen) atoms. The highest BCUT2D eigenvalue weighted by Crippen LogP contribution is 2.36. The number of carbonyl (C=O) groups excluding carboxylic acids is 2. The van der Waals surface area contributed by atoms with Gasteiger partial charge >= 0.3 is 0 Å². The first-order valence-electron chi connectivity index (χ1n) is 8.71. The maximum Gasteiger partial charge on any atom is 0.274 e. The summed E-state index contributed by atoms with van der Waals surface area (Å²) < 4.78 is 0. The van der Waals surface area contributed by atoms with Gasteiger partial charge in [-0.15, -0.1) is 0 Å². The Labute approximate surface area is 142 Å². The summed E-state index contributed by atoms with van der Waals surface area (Å²) in [7, 11) is 3.81. The van der Waals surface area contributed by atoms with Gasteiger partial charge in [-0.3, -0.25) is 14.7 Å². The summed E-state index contributed by atoms with van der Waals surface area (Å²) in [6, 6.07) is 1.76. The van der Waals surface area contributed by atoms with Gasteiger partial charge in [0.05, 0.1) is 5.92 Å². The standard InChI is InChI=1S/C17H27N5O2/c1-11-8-15(20-19-11)17(24)22-9-13(14(10-22)16(23)18-2)12-4-6-21(3)7-5-12/h8,12-14H,4-7,9-10H2,1-3H3,(H,18,23)(H,19,20)/t13-,14+/m0/s1. The molecular formula is C17H27N5O2. The number of piperidine rings is 1. The molecule has 132 valence electrons. The minimum absolute atomic E-state index is 0.0486. The molecule has 3 rings (SSSR count). The predicted octanol–water partition coefficient (Wildman–Crippen LogP) is 0.494. The number of amides is 2. The number of carbonyl (C=O) groups is 2.